The zero-order chi connectivity index (χ0) is 11.5. The summed E-state index contributed by atoms with van der Waals surface area (Å²) >= 11 is 3.23. The van der Waals surface area contributed by atoms with E-state index in [0.29, 0.717) is 22.5 Å². The van der Waals surface area contributed by atoms with E-state index in [2.05, 4.69) is 26.2 Å². The molecule has 84 valence electrons. The van der Waals surface area contributed by atoms with Gasteiger partial charge < -0.3 is 9.73 Å². The Kier molecular flexibility index (Phi) is 3.36. The normalized spacial score (nSPS) is 10.7. The smallest absolute Gasteiger partial charge is 0.226 e. The molecule has 2 aromatic rings. The molecule has 0 fully saturated rings. The highest BCUT2D eigenvalue weighted by molar-refractivity contribution is 9.10. The highest BCUT2D eigenvalue weighted by atomic mass is 79.9. The van der Waals surface area contributed by atoms with Crippen LogP contribution in [0.4, 0.5) is 4.39 Å². The number of rotatable bonds is 3. The largest absolute Gasteiger partial charge is 0.444 e. The Morgan fingerprint density at radius 2 is 2.25 bits per heavy atom. The van der Waals surface area contributed by atoms with E-state index in [-0.39, 0.29) is 5.82 Å². The number of hydrogen-bond acceptors (Lipinski definition) is 3. The number of benzene rings is 1. The first-order valence-electron chi connectivity index (χ1n) is 4.74. The van der Waals surface area contributed by atoms with Gasteiger partial charge in [-0.25, -0.2) is 9.37 Å². The molecule has 0 radical (unpaired) electrons. The number of nitrogens with one attached hydrogen (secondary N) is 1. The zero-order valence-electron chi connectivity index (χ0n) is 8.63. The molecule has 1 aromatic carbocycles. The van der Waals surface area contributed by atoms with Crippen LogP contribution in [0.3, 0.4) is 0 Å². The lowest BCUT2D eigenvalue weighted by Gasteiger charge is -1.97. The summed E-state index contributed by atoms with van der Waals surface area (Å²) in [5, 5.41) is 2.97. The van der Waals surface area contributed by atoms with Gasteiger partial charge >= 0.3 is 0 Å². The van der Waals surface area contributed by atoms with Gasteiger partial charge in [-0.2, -0.15) is 0 Å². The minimum absolute atomic E-state index is 0.322. The van der Waals surface area contributed by atoms with Crippen LogP contribution >= 0.6 is 15.9 Å². The molecule has 0 amide bonds. The van der Waals surface area contributed by atoms with E-state index in [1.54, 1.807) is 12.3 Å². The maximum Gasteiger partial charge on any atom is 0.226 e. The van der Waals surface area contributed by atoms with Gasteiger partial charge in [0, 0.05) is 16.6 Å². The van der Waals surface area contributed by atoms with E-state index in [0.717, 1.165) is 5.69 Å². The first-order chi connectivity index (χ1) is 7.69. The van der Waals surface area contributed by atoms with Crippen LogP contribution in [0.25, 0.3) is 11.5 Å². The second-order valence-corrected chi connectivity index (χ2v) is 4.25. The number of oxazole rings is 1. The summed E-state index contributed by atoms with van der Waals surface area (Å²) in [5.74, 6) is 0.100. The molecular formula is C11H10BrFN2O. The van der Waals surface area contributed by atoms with Crippen molar-refractivity contribution < 1.29 is 8.81 Å². The topological polar surface area (TPSA) is 38.1 Å². The third kappa shape index (κ3) is 2.48. The lowest BCUT2D eigenvalue weighted by atomic mass is 10.2. The monoisotopic (exact) mass is 284 g/mol. The van der Waals surface area contributed by atoms with Crippen LogP contribution in [-0.2, 0) is 6.54 Å². The van der Waals surface area contributed by atoms with Crippen molar-refractivity contribution in [1.82, 2.24) is 10.3 Å². The first-order valence-corrected chi connectivity index (χ1v) is 5.54. The summed E-state index contributed by atoms with van der Waals surface area (Å²) in [4.78, 5) is 4.24. The van der Waals surface area contributed by atoms with Gasteiger partial charge in [-0.15, -0.1) is 0 Å². The van der Waals surface area contributed by atoms with E-state index in [9.17, 15) is 4.39 Å². The summed E-state index contributed by atoms with van der Waals surface area (Å²) in [5.41, 5.74) is 1.41. The standard InChI is InChI=1S/C11H10BrFN2O/c1-14-5-10-6-16-11(15-10)7-2-8(12)4-9(13)3-7/h2-4,6,14H,5H2,1H3. The number of halogens is 2. The fourth-order valence-electron chi connectivity index (χ4n) is 1.38. The molecule has 0 aliphatic heterocycles. The van der Waals surface area contributed by atoms with Crippen molar-refractivity contribution in [3.8, 4) is 11.5 Å². The van der Waals surface area contributed by atoms with E-state index >= 15 is 0 Å². The quantitative estimate of drug-likeness (QED) is 0.942. The number of nitrogens with zero attached hydrogens (tertiary/aromatic N) is 1. The van der Waals surface area contributed by atoms with E-state index in [4.69, 9.17) is 4.42 Å². The molecule has 0 aliphatic carbocycles. The van der Waals surface area contributed by atoms with Crippen molar-refractivity contribution >= 4 is 15.9 Å². The zero-order valence-corrected chi connectivity index (χ0v) is 10.2. The molecule has 1 heterocycles. The van der Waals surface area contributed by atoms with Crippen LogP contribution in [0.2, 0.25) is 0 Å². The molecule has 0 spiro atoms. The summed E-state index contributed by atoms with van der Waals surface area (Å²) in [6.07, 6.45) is 1.56. The Hall–Kier alpha value is -1.20. The predicted octanol–water partition coefficient (Wildman–Crippen LogP) is 2.96. The molecule has 0 bridgehead atoms. The van der Waals surface area contributed by atoms with E-state index < -0.39 is 0 Å². The Morgan fingerprint density at radius 3 is 2.94 bits per heavy atom. The van der Waals surface area contributed by atoms with Crippen LogP contribution in [-0.4, -0.2) is 12.0 Å². The van der Waals surface area contributed by atoms with Gasteiger partial charge in [0.1, 0.15) is 12.1 Å². The SMILES string of the molecule is CNCc1coc(-c2cc(F)cc(Br)c2)n1. The van der Waals surface area contributed by atoms with Crippen molar-refractivity contribution in [2.75, 3.05) is 7.05 Å². The summed E-state index contributed by atoms with van der Waals surface area (Å²) in [6, 6.07) is 4.54. The highest BCUT2D eigenvalue weighted by Gasteiger charge is 2.08. The molecule has 5 heteroatoms. The van der Waals surface area contributed by atoms with Crippen LogP contribution in [0, 0.1) is 5.82 Å². The van der Waals surface area contributed by atoms with Crippen LogP contribution in [0.5, 0.6) is 0 Å². The molecule has 0 saturated carbocycles. The Labute approximate surface area is 101 Å². The second kappa shape index (κ2) is 4.76. The van der Waals surface area contributed by atoms with Crippen molar-refractivity contribution in [1.29, 1.82) is 0 Å². The van der Waals surface area contributed by atoms with Crippen LogP contribution < -0.4 is 5.32 Å². The lowest BCUT2D eigenvalue weighted by molar-refractivity contribution is 0.569. The Morgan fingerprint density at radius 1 is 1.44 bits per heavy atom. The molecule has 16 heavy (non-hydrogen) atoms. The minimum Gasteiger partial charge on any atom is -0.444 e. The number of hydrogen-bond donors (Lipinski definition) is 1. The van der Waals surface area contributed by atoms with Gasteiger partial charge in [0.25, 0.3) is 0 Å². The lowest BCUT2D eigenvalue weighted by Crippen LogP contribution is -2.04. The van der Waals surface area contributed by atoms with Gasteiger partial charge in [0.2, 0.25) is 5.89 Å². The van der Waals surface area contributed by atoms with Gasteiger partial charge in [-0.3, -0.25) is 0 Å². The third-order valence-electron chi connectivity index (χ3n) is 2.02. The maximum atomic E-state index is 13.2. The first kappa shape index (κ1) is 11.3. The van der Waals surface area contributed by atoms with Gasteiger partial charge in [0.15, 0.2) is 0 Å². The predicted molar refractivity (Wildman–Crippen MR) is 62.4 cm³/mol. The fourth-order valence-corrected chi connectivity index (χ4v) is 1.84. The van der Waals surface area contributed by atoms with Crippen molar-refractivity contribution in [2.45, 2.75) is 6.54 Å². The molecule has 1 N–H and O–H groups in total. The summed E-state index contributed by atoms with van der Waals surface area (Å²) < 4.78 is 19.1. The van der Waals surface area contributed by atoms with Crippen LogP contribution in [0.1, 0.15) is 5.69 Å². The van der Waals surface area contributed by atoms with Crippen molar-refractivity contribution in [3.63, 3.8) is 0 Å². The molecule has 0 aliphatic rings. The molecule has 0 atom stereocenters. The second-order valence-electron chi connectivity index (χ2n) is 3.33. The average Bonchev–Trinajstić information content (AvgIpc) is 2.65. The average molecular weight is 285 g/mol. The third-order valence-corrected chi connectivity index (χ3v) is 2.48. The van der Waals surface area contributed by atoms with Crippen molar-refractivity contribution in [3.05, 3.63) is 40.4 Å². The number of aromatic nitrogens is 1. The Bertz CT molecular complexity index is 478. The van der Waals surface area contributed by atoms with E-state index in [1.807, 2.05) is 7.05 Å². The Balaban J connectivity index is 2.34. The van der Waals surface area contributed by atoms with Gasteiger partial charge in [-0.05, 0) is 25.2 Å². The molecule has 0 unspecified atom stereocenters. The molecular weight excluding hydrogens is 275 g/mol. The maximum absolute atomic E-state index is 13.2. The highest BCUT2D eigenvalue weighted by Crippen LogP contribution is 2.24. The van der Waals surface area contributed by atoms with Gasteiger partial charge in [-0.1, -0.05) is 15.9 Å². The summed E-state index contributed by atoms with van der Waals surface area (Å²) in [6.45, 7) is 0.625. The molecule has 3 nitrogen and oxygen atoms in total. The molecule has 1 aromatic heterocycles. The van der Waals surface area contributed by atoms with E-state index in [1.165, 1.54) is 12.1 Å². The van der Waals surface area contributed by atoms with Gasteiger partial charge in [0.05, 0.1) is 5.69 Å². The van der Waals surface area contributed by atoms with Crippen molar-refractivity contribution in [2.24, 2.45) is 0 Å². The fraction of sp³-hybridized carbons (Fsp3) is 0.182. The molecule has 0 saturated heterocycles. The van der Waals surface area contributed by atoms with Crippen LogP contribution in [0.15, 0.2) is 33.4 Å². The minimum atomic E-state index is -0.322. The molecule has 2 rings (SSSR count). The summed E-state index contributed by atoms with van der Waals surface area (Å²) in [7, 11) is 1.83.